The highest BCUT2D eigenvalue weighted by atomic mass is 19.2. The Kier molecular flexibility index (Phi) is 4.60. The normalized spacial score (nSPS) is 12.3. The van der Waals surface area contributed by atoms with Gasteiger partial charge in [0.1, 0.15) is 11.9 Å². The molecule has 2 heterocycles. The van der Waals surface area contributed by atoms with Gasteiger partial charge in [-0.15, -0.1) is 0 Å². The van der Waals surface area contributed by atoms with Gasteiger partial charge in [0, 0.05) is 23.4 Å². The Balaban J connectivity index is 2.03. The van der Waals surface area contributed by atoms with Crippen LogP contribution in [0.3, 0.4) is 0 Å². The SMILES string of the molecule is Cc1cc(Nc2nc(C(O)c3cc(F)cc(F)c3F)nc(C)c2F)n[nH]1. The second-order valence-electron chi connectivity index (χ2n) is 5.58. The molecule has 136 valence electrons. The monoisotopic (exact) mass is 367 g/mol. The van der Waals surface area contributed by atoms with Gasteiger partial charge in [-0.3, -0.25) is 5.10 Å². The zero-order chi connectivity index (χ0) is 19.0. The molecule has 0 radical (unpaired) electrons. The van der Waals surface area contributed by atoms with Gasteiger partial charge in [0.2, 0.25) is 0 Å². The molecular formula is C16H13F4N5O. The summed E-state index contributed by atoms with van der Waals surface area (Å²) >= 11 is 0. The first-order valence-corrected chi connectivity index (χ1v) is 7.42. The molecule has 0 spiro atoms. The zero-order valence-electron chi connectivity index (χ0n) is 13.6. The zero-order valence-corrected chi connectivity index (χ0v) is 13.6. The maximum absolute atomic E-state index is 14.2. The first-order valence-electron chi connectivity index (χ1n) is 7.42. The van der Waals surface area contributed by atoms with Gasteiger partial charge in [-0.25, -0.2) is 27.5 Å². The number of benzene rings is 1. The number of halogens is 4. The summed E-state index contributed by atoms with van der Waals surface area (Å²) in [5.74, 6) is -5.31. The van der Waals surface area contributed by atoms with Gasteiger partial charge >= 0.3 is 0 Å². The minimum Gasteiger partial charge on any atom is -0.380 e. The fraction of sp³-hybridized carbons (Fsp3) is 0.188. The number of hydrogen-bond donors (Lipinski definition) is 3. The van der Waals surface area contributed by atoms with Gasteiger partial charge in [0.05, 0.1) is 5.69 Å². The fourth-order valence-corrected chi connectivity index (χ4v) is 2.30. The summed E-state index contributed by atoms with van der Waals surface area (Å²) in [6.45, 7) is 3.03. The number of nitrogens with zero attached hydrogens (tertiary/aromatic N) is 3. The van der Waals surface area contributed by atoms with Crippen LogP contribution >= 0.6 is 0 Å². The summed E-state index contributed by atoms with van der Waals surface area (Å²) in [7, 11) is 0. The highest BCUT2D eigenvalue weighted by Gasteiger charge is 2.24. The number of H-pyrrole nitrogens is 1. The first-order chi connectivity index (χ1) is 12.3. The van der Waals surface area contributed by atoms with Crippen molar-refractivity contribution in [2.24, 2.45) is 0 Å². The van der Waals surface area contributed by atoms with E-state index in [1.54, 1.807) is 13.0 Å². The lowest BCUT2D eigenvalue weighted by Crippen LogP contribution is -2.13. The van der Waals surface area contributed by atoms with Crippen LogP contribution in [-0.4, -0.2) is 25.3 Å². The minimum atomic E-state index is -1.90. The van der Waals surface area contributed by atoms with Gasteiger partial charge in [-0.05, 0) is 19.9 Å². The van der Waals surface area contributed by atoms with Crippen LogP contribution < -0.4 is 5.32 Å². The standard InChI is InChI=1S/C16H13F4N5O/c1-6-3-11(25-24-6)22-15-12(19)7(2)21-16(23-15)14(26)9-4-8(17)5-10(18)13(9)20/h3-5,14,26H,1-2H3,(H2,21,22,23,24,25). The van der Waals surface area contributed by atoms with E-state index < -0.39 is 40.8 Å². The van der Waals surface area contributed by atoms with Crippen molar-refractivity contribution in [3.63, 3.8) is 0 Å². The lowest BCUT2D eigenvalue weighted by molar-refractivity contribution is 0.202. The highest BCUT2D eigenvalue weighted by Crippen LogP contribution is 2.27. The molecule has 0 aliphatic rings. The summed E-state index contributed by atoms with van der Waals surface area (Å²) in [5.41, 5.74) is -0.146. The summed E-state index contributed by atoms with van der Waals surface area (Å²) < 4.78 is 54.9. The highest BCUT2D eigenvalue weighted by molar-refractivity contribution is 5.53. The molecule has 1 atom stereocenters. The van der Waals surface area contributed by atoms with Crippen molar-refractivity contribution in [1.82, 2.24) is 20.2 Å². The summed E-state index contributed by atoms with van der Waals surface area (Å²) in [6, 6.07) is 2.54. The van der Waals surface area contributed by atoms with Crippen molar-refractivity contribution in [2.45, 2.75) is 20.0 Å². The predicted molar refractivity (Wildman–Crippen MR) is 83.7 cm³/mol. The Bertz CT molecular complexity index is 976. The van der Waals surface area contributed by atoms with Crippen molar-refractivity contribution in [3.8, 4) is 0 Å². The molecule has 0 amide bonds. The Morgan fingerprint density at radius 3 is 2.42 bits per heavy atom. The summed E-state index contributed by atoms with van der Waals surface area (Å²) in [6.07, 6.45) is -1.90. The number of aromatic nitrogens is 4. The Morgan fingerprint density at radius 2 is 1.77 bits per heavy atom. The van der Waals surface area contributed by atoms with Gasteiger partial charge in [0.15, 0.2) is 34.9 Å². The molecule has 10 heteroatoms. The van der Waals surface area contributed by atoms with E-state index in [0.717, 1.165) is 0 Å². The number of aromatic amines is 1. The summed E-state index contributed by atoms with van der Waals surface area (Å²) in [4.78, 5) is 7.54. The first kappa shape index (κ1) is 17.8. The molecule has 0 aliphatic carbocycles. The average molecular weight is 367 g/mol. The molecule has 2 aromatic heterocycles. The molecule has 0 saturated carbocycles. The van der Waals surface area contributed by atoms with Crippen LogP contribution in [0.2, 0.25) is 0 Å². The van der Waals surface area contributed by atoms with E-state index in [-0.39, 0.29) is 17.3 Å². The lowest BCUT2D eigenvalue weighted by atomic mass is 10.1. The van der Waals surface area contributed by atoms with Crippen molar-refractivity contribution in [1.29, 1.82) is 0 Å². The Hall–Kier alpha value is -3.01. The molecule has 0 saturated heterocycles. The number of anilines is 2. The maximum atomic E-state index is 14.2. The van der Waals surface area contributed by atoms with E-state index in [2.05, 4.69) is 25.5 Å². The summed E-state index contributed by atoms with van der Waals surface area (Å²) in [5, 5.41) is 19.4. The molecular weight excluding hydrogens is 354 g/mol. The van der Waals surface area contributed by atoms with Gasteiger partial charge in [-0.2, -0.15) is 5.10 Å². The number of hydrogen-bond acceptors (Lipinski definition) is 5. The Morgan fingerprint density at radius 1 is 1.04 bits per heavy atom. The van der Waals surface area contributed by atoms with Crippen LogP contribution in [0.1, 0.15) is 28.9 Å². The van der Waals surface area contributed by atoms with E-state index in [4.69, 9.17) is 0 Å². The molecule has 3 N–H and O–H groups in total. The van der Waals surface area contributed by atoms with Gasteiger partial charge in [-0.1, -0.05) is 0 Å². The average Bonchev–Trinajstić information content (AvgIpc) is 2.99. The largest absolute Gasteiger partial charge is 0.380 e. The topological polar surface area (TPSA) is 86.7 Å². The van der Waals surface area contributed by atoms with Crippen LogP contribution in [0.5, 0.6) is 0 Å². The van der Waals surface area contributed by atoms with Crippen molar-refractivity contribution in [2.75, 3.05) is 5.32 Å². The number of nitrogens with one attached hydrogen (secondary N) is 2. The van der Waals surface area contributed by atoms with Crippen molar-refractivity contribution >= 4 is 11.6 Å². The van der Waals surface area contributed by atoms with E-state index in [1.165, 1.54) is 6.92 Å². The third-order valence-electron chi connectivity index (χ3n) is 3.55. The fourth-order valence-electron chi connectivity index (χ4n) is 2.30. The Labute approximate surface area is 144 Å². The second-order valence-corrected chi connectivity index (χ2v) is 5.58. The number of rotatable bonds is 4. The third-order valence-corrected chi connectivity index (χ3v) is 3.55. The third kappa shape index (κ3) is 3.36. The number of aliphatic hydroxyl groups excluding tert-OH is 1. The predicted octanol–water partition coefficient (Wildman–Crippen LogP) is 3.20. The maximum Gasteiger partial charge on any atom is 0.187 e. The molecule has 0 fully saturated rings. The van der Waals surface area contributed by atoms with E-state index in [9.17, 15) is 22.7 Å². The molecule has 3 rings (SSSR count). The number of aliphatic hydroxyl groups is 1. The minimum absolute atomic E-state index is 0.152. The quantitative estimate of drug-likeness (QED) is 0.487. The van der Waals surface area contributed by atoms with Crippen LogP contribution in [0, 0.1) is 37.1 Å². The molecule has 3 aromatic rings. The molecule has 0 bridgehead atoms. The van der Waals surface area contributed by atoms with Crippen LogP contribution in [0.25, 0.3) is 0 Å². The molecule has 0 aliphatic heterocycles. The lowest BCUT2D eigenvalue weighted by Gasteiger charge is -2.14. The van der Waals surface area contributed by atoms with E-state index >= 15 is 0 Å². The van der Waals surface area contributed by atoms with Gasteiger partial charge < -0.3 is 10.4 Å². The van der Waals surface area contributed by atoms with E-state index in [0.29, 0.717) is 17.8 Å². The van der Waals surface area contributed by atoms with Gasteiger partial charge in [0.25, 0.3) is 0 Å². The van der Waals surface area contributed by atoms with Crippen LogP contribution in [0.4, 0.5) is 29.2 Å². The van der Waals surface area contributed by atoms with Crippen LogP contribution in [0.15, 0.2) is 18.2 Å². The van der Waals surface area contributed by atoms with Crippen LogP contribution in [-0.2, 0) is 0 Å². The smallest absolute Gasteiger partial charge is 0.187 e. The van der Waals surface area contributed by atoms with Crippen molar-refractivity contribution in [3.05, 3.63) is 64.2 Å². The van der Waals surface area contributed by atoms with E-state index in [1.807, 2.05) is 0 Å². The molecule has 1 aromatic carbocycles. The molecule has 1 unspecified atom stereocenters. The molecule has 26 heavy (non-hydrogen) atoms. The second kappa shape index (κ2) is 6.71. The van der Waals surface area contributed by atoms with Crippen molar-refractivity contribution < 1.29 is 22.7 Å². The molecule has 6 nitrogen and oxygen atoms in total. The number of aryl methyl sites for hydroxylation is 2.